The zero-order chi connectivity index (χ0) is 17.6. The Labute approximate surface area is 148 Å². The fourth-order valence-electron chi connectivity index (χ4n) is 3.69. The molecule has 1 aliphatic carbocycles. The third kappa shape index (κ3) is 4.59. The van der Waals surface area contributed by atoms with E-state index in [1.165, 1.54) is 6.42 Å². The molecule has 0 bridgehead atoms. The third-order valence-electron chi connectivity index (χ3n) is 5.03. The molecule has 2 fully saturated rings. The zero-order valence-corrected chi connectivity index (χ0v) is 14.4. The highest BCUT2D eigenvalue weighted by Crippen LogP contribution is 2.28. The number of nitrogens with one attached hydrogen (secondary N) is 2. The van der Waals surface area contributed by atoms with Crippen LogP contribution in [0.2, 0.25) is 0 Å². The number of nitrogens with zero attached hydrogens (tertiary/aromatic N) is 1. The molecule has 6 nitrogen and oxygen atoms in total. The van der Waals surface area contributed by atoms with Crippen molar-refractivity contribution in [2.24, 2.45) is 5.92 Å². The van der Waals surface area contributed by atoms with Crippen molar-refractivity contribution < 1.29 is 14.4 Å². The summed E-state index contributed by atoms with van der Waals surface area (Å²) in [6.45, 7) is 0.400. The molecule has 0 aromatic heterocycles. The number of benzene rings is 1. The number of para-hydroxylation sites is 1. The summed E-state index contributed by atoms with van der Waals surface area (Å²) in [6, 6.07) is 9.40. The van der Waals surface area contributed by atoms with Crippen LogP contribution in [0.4, 0.5) is 5.69 Å². The number of hydrogen-bond donors (Lipinski definition) is 2. The number of likely N-dealkylation sites (tertiary alicyclic amines) is 1. The topological polar surface area (TPSA) is 78.5 Å². The van der Waals surface area contributed by atoms with Gasteiger partial charge in [0.2, 0.25) is 17.7 Å². The molecule has 0 spiro atoms. The summed E-state index contributed by atoms with van der Waals surface area (Å²) in [5, 5.41) is 5.38. The molecule has 25 heavy (non-hydrogen) atoms. The average Bonchev–Trinajstić information content (AvgIpc) is 3.03. The second-order valence-electron chi connectivity index (χ2n) is 6.87. The normalized spacial score (nSPS) is 21.2. The van der Waals surface area contributed by atoms with Crippen molar-refractivity contribution >= 4 is 23.4 Å². The average molecular weight is 343 g/mol. The Morgan fingerprint density at radius 3 is 2.52 bits per heavy atom. The summed E-state index contributed by atoms with van der Waals surface area (Å²) in [4.78, 5) is 38.3. The minimum absolute atomic E-state index is 0.0702. The maximum Gasteiger partial charge on any atom is 0.243 e. The lowest BCUT2D eigenvalue weighted by molar-refractivity contribution is -0.130. The van der Waals surface area contributed by atoms with Gasteiger partial charge in [0.15, 0.2) is 0 Å². The second kappa shape index (κ2) is 8.14. The molecular weight excluding hydrogens is 318 g/mol. The predicted octanol–water partition coefficient (Wildman–Crippen LogP) is 1.92. The Hall–Kier alpha value is -2.37. The van der Waals surface area contributed by atoms with Crippen LogP contribution < -0.4 is 10.6 Å². The first-order valence-corrected chi connectivity index (χ1v) is 9.05. The summed E-state index contributed by atoms with van der Waals surface area (Å²) in [6.07, 6.45) is 5.89. The molecule has 1 atom stereocenters. The van der Waals surface area contributed by atoms with E-state index in [1.807, 2.05) is 23.1 Å². The standard InChI is InChI=1S/C19H25N3O3/c23-17(21-15-7-3-1-4-8-15)12-20-19(25)14-11-18(24)22(13-14)16-9-5-2-6-10-16/h1,3-4,7-8,14,16H,2,5-6,9-13H2,(H,20,25)(H,21,23). The molecule has 1 unspecified atom stereocenters. The molecule has 134 valence electrons. The number of anilines is 1. The number of rotatable bonds is 5. The van der Waals surface area contributed by atoms with Gasteiger partial charge in [-0.2, -0.15) is 0 Å². The van der Waals surface area contributed by atoms with Gasteiger partial charge in [0.1, 0.15) is 0 Å². The first kappa shape index (κ1) is 17.5. The lowest BCUT2D eigenvalue weighted by Gasteiger charge is -2.31. The highest BCUT2D eigenvalue weighted by Gasteiger charge is 2.38. The van der Waals surface area contributed by atoms with Crippen LogP contribution >= 0.6 is 0 Å². The maximum atomic E-state index is 12.3. The third-order valence-corrected chi connectivity index (χ3v) is 5.03. The van der Waals surface area contributed by atoms with Gasteiger partial charge in [-0.05, 0) is 25.0 Å². The summed E-state index contributed by atoms with van der Waals surface area (Å²) in [7, 11) is 0. The van der Waals surface area contributed by atoms with Crippen molar-refractivity contribution in [2.45, 2.75) is 44.6 Å². The van der Waals surface area contributed by atoms with Crippen LogP contribution in [0.1, 0.15) is 38.5 Å². The molecule has 3 rings (SSSR count). The van der Waals surface area contributed by atoms with Crippen LogP contribution in [0, 0.1) is 5.92 Å². The predicted molar refractivity (Wildman–Crippen MR) is 94.8 cm³/mol. The Kier molecular flexibility index (Phi) is 5.68. The molecular formula is C19H25N3O3. The molecule has 1 aromatic carbocycles. The number of hydrogen-bond acceptors (Lipinski definition) is 3. The summed E-state index contributed by atoms with van der Waals surface area (Å²) in [5.41, 5.74) is 0.696. The van der Waals surface area contributed by atoms with Crippen molar-refractivity contribution in [3.8, 4) is 0 Å². The lowest BCUT2D eigenvalue weighted by atomic mass is 9.94. The quantitative estimate of drug-likeness (QED) is 0.857. The van der Waals surface area contributed by atoms with Crippen molar-refractivity contribution in [3.05, 3.63) is 30.3 Å². The second-order valence-corrected chi connectivity index (χ2v) is 6.87. The van der Waals surface area contributed by atoms with E-state index in [0.717, 1.165) is 25.7 Å². The largest absolute Gasteiger partial charge is 0.347 e. The van der Waals surface area contributed by atoms with Gasteiger partial charge in [0, 0.05) is 24.7 Å². The van der Waals surface area contributed by atoms with Crippen LogP contribution in [0.5, 0.6) is 0 Å². The van der Waals surface area contributed by atoms with Gasteiger partial charge >= 0.3 is 0 Å². The molecule has 1 saturated heterocycles. The van der Waals surface area contributed by atoms with Gasteiger partial charge in [-0.25, -0.2) is 0 Å². The van der Waals surface area contributed by atoms with Crippen LogP contribution in [-0.4, -0.2) is 41.8 Å². The Morgan fingerprint density at radius 2 is 1.80 bits per heavy atom. The summed E-state index contributed by atoms with van der Waals surface area (Å²) < 4.78 is 0. The van der Waals surface area contributed by atoms with Crippen molar-refractivity contribution in [1.82, 2.24) is 10.2 Å². The van der Waals surface area contributed by atoms with Crippen LogP contribution in [-0.2, 0) is 14.4 Å². The van der Waals surface area contributed by atoms with Gasteiger partial charge < -0.3 is 15.5 Å². The minimum atomic E-state index is -0.348. The van der Waals surface area contributed by atoms with E-state index in [-0.39, 0.29) is 36.6 Å². The maximum absolute atomic E-state index is 12.3. The van der Waals surface area contributed by atoms with Crippen LogP contribution in [0.15, 0.2) is 30.3 Å². The summed E-state index contributed by atoms with van der Waals surface area (Å²) in [5.74, 6) is -0.761. The SMILES string of the molecule is O=C(CNC(=O)C1CC(=O)N(C2CCCCC2)C1)Nc1ccccc1. The van der Waals surface area contributed by atoms with Crippen molar-refractivity contribution in [3.63, 3.8) is 0 Å². The smallest absolute Gasteiger partial charge is 0.243 e. The fraction of sp³-hybridized carbons (Fsp3) is 0.526. The highest BCUT2D eigenvalue weighted by molar-refractivity contribution is 5.96. The number of amides is 3. The van der Waals surface area contributed by atoms with Crippen LogP contribution in [0.25, 0.3) is 0 Å². The Morgan fingerprint density at radius 1 is 1.08 bits per heavy atom. The van der Waals surface area contributed by atoms with E-state index in [0.29, 0.717) is 18.3 Å². The number of carbonyl (C=O) groups excluding carboxylic acids is 3. The fourth-order valence-corrected chi connectivity index (χ4v) is 3.69. The molecule has 1 aliphatic heterocycles. The van der Waals surface area contributed by atoms with Gasteiger partial charge in [-0.15, -0.1) is 0 Å². The molecule has 3 amide bonds. The van der Waals surface area contributed by atoms with Gasteiger partial charge in [-0.3, -0.25) is 14.4 Å². The van der Waals surface area contributed by atoms with Crippen molar-refractivity contribution in [1.29, 1.82) is 0 Å². The van der Waals surface area contributed by atoms with Gasteiger partial charge in [0.05, 0.1) is 12.5 Å². The van der Waals surface area contributed by atoms with E-state index in [1.54, 1.807) is 12.1 Å². The van der Waals surface area contributed by atoms with E-state index >= 15 is 0 Å². The van der Waals surface area contributed by atoms with E-state index in [4.69, 9.17) is 0 Å². The molecule has 1 aromatic rings. The van der Waals surface area contributed by atoms with Crippen molar-refractivity contribution in [2.75, 3.05) is 18.4 Å². The van der Waals surface area contributed by atoms with E-state index in [9.17, 15) is 14.4 Å². The van der Waals surface area contributed by atoms with Gasteiger partial charge in [0.25, 0.3) is 0 Å². The Balaban J connectivity index is 1.45. The molecule has 2 aliphatic rings. The number of carbonyl (C=O) groups is 3. The van der Waals surface area contributed by atoms with Gasteiger partial charge in [-0.1, -0.05) is 37.5 Å². The first-order chi connectivity index (χ1) is 12.1. The molecule has 1 saturated carbocycles. The summed E-state index contributed by atoms with van der Waals surface area (Å²) >= 11 is 0. The monoisotopic (exact) mass is 343 g/mol. The van der Waals surface area contributed by atoms with Crippen LogP contribution in [0.3, 0.4) is 0 Å². The molecule has 0 radical (unpaired) electrons. The van der Waals surface area contributed by atoms with E-state index < -0.39 is 0 Å². The Bertz CT molecular complexity index is 626. The van der Waals surface area contributed by atoms with E-state index in [2.05, 4.69) is 10.6 Å². The minimum Gasteiger partial charge on any atom is -0.347 e. The first-order valence-electron chi connectivity index (χ1n) is 9.05. The lowest BCUT2D eigenvalue weighted by Crippen LogP contribution is -2.40. The molecule has 2 N–H and O–H groups in total. The highest BCUT2D eigenvalue weighted by atomic mass is 16.2. The molecule has 6 heteroatoms. The molecule has 1 heterocycles. The zero-order valence-electron chi connectivity index (χ0n) is 14.4.